The highest BCUT2D eigenvalue weighted by molar-refractivity contribution is 5.86. The first-order valence-electron chi connectivity index (χ1n) is 8.26. The molecule has 0 bridgehead atoms. The fourth-order valence-corrected chi connectivity index (χ4v) is 3.78. The quantitative estimate of drug-likeness (QED) is 0.900. The van der Waals surface area contributed by atoms with Crippen molar-refractivity contribution < 1.29 is 4.79 Å². The molecule has 3 nitrogen and oxygen atoms in total. The van der Waals surface area contributed by atoms with Gasteiger partial charge in [0.15, 0.2) is 0 Å². The Balaban J connectivity index is 1.73. The highest BCUT2D eigenvalue weighted by Gasteiger charge is 2.32. The van der Waals surface area contributed by atoms with E-state index < -0.39 is 0 Å². The van der Waals surface area contributed by atoms with Crippen molar-refractivity contribution in [3.8, 4) is 0 Å². The number of hydrogen-bond acceptors (Lipinski definition) is 2. The van der Waals surface area contributed by atoms with E-state index in [0.29, 0.717) is 11.9 Å². The maximum atomic E-state index is 12.9. The molecule has 1 heterocycles. The van der Waals surface area contributed by atoms with Crippen LogP contribution in [0.15, 0.2) is 24.3 Å². The fraction of sp³-hybridized carbons (Fsp3) is 0.611. The fourth-order valence-electron chi connectivity index (χ4n) is 3.78. The van der Waals surface area contributed by atoms with Crippen molar-refractivity contribution in [1.29, 1.82) is 0 Å². The van der Waals surface area contributed by atoms with E-state index in [2.05, 4.69) is 24.4 Å². The first-order chi connectivity index (χ1) is 10.2. The first-order valence-corrected chi connectivity index (χ1v) is 8.26. The molecule has 1 fully saturated rings. The van der Waals surface area contributed by atoms with Crippen LogP contribution in [0, 0.1) is 5.92 Å². The average molecular weight is 286 g/mol. The summed E-state index contributed by atoms with van der Waals surface area (Å²) in [6.45, 7) is 3.21. The van der Waals surface area contributed by atoms with Crippen LogP contribution in [0.4, 0.5) is 5.69 Å². The lowest BCUT2D eigenvalue weighted by molar-refractivity contribution is -0.134. The number of likely N-dealkylation sites (N-methyl/N-ethyl adjacent to an activating group) is 1. The van der Waals surface area contributed by atoms with E-state index in [0.717, 1.165) is 37.4 Å². The number of amides is 1. The standard InChI is InChI=1S/C18H26N2O/c1-13-7-9-14(10-8-13)20(2)18(21)16-11-12-19-17-6-4-3-5-15(16)17/h3-6,13-14,16,19H,7-12H2,1-2H3. The molecule has 0 radical (unpaired) electrons. The molecule has 1 unspecified atom stereocenters. The van der Waals surface area contributed by atoms with Crippen molar-refractivity contribution in [2.24, 2.45) is 5.92 Å². The van der Waals surface area contributed by atoms with Gasteiger partial charge in [0, 0.05) is 25.3 Å². The maximum absolute atomic E-state index is 12.9. The van der Waals surface area contributed by atoms with Gasteiger partial charge in [-0.3, -0.25) is 4.79 Å². The van der Waals surface area contributed by atoms with Crippen LogP contribution < -0.4 is 5.32 Å². The van der Waals surface area contributed by atoms with Gasteiger partial charge in [-0.25, -0.2) is 0 Å². The number of nitrogens with zero attached hydrogens (tertiary/aromatic N) is 1. The number of nitrogens with one attached hydrogen (secondary N) is 1. The summed E-state index contributed by atoms with van der Waals surface area (Å²) in [4.78, 5) is 15.0. The number of rotatable bonds is 2. The van der Waals surface area contributed by atoms with Crippen LogP contribution >= 0.6 is 0 Å². The topological polar surface area (TPSA) is 32.3 Å². The Bertz CT molecular complexity index is 506. The van der Waals surface area contributed by atoms with E-state index in [1.54, 1.807) is 0 Å². The predicted octanol–water partition coefficient (Wildman–Crippen LogP) is 3.62. The molecule has 0 spiro atoms. The van der Waals surface area contributed by atoms with Crippen LogP contribution in [0.5, 0.6) is 0 Å². The van der Waals surface area contributed by atoms with E-state index in [1.165, 1.54) is 18.4 Å². The van der Waals surface area contributed by atoms with Crippen LogP contribution in [0.25, 0.3) is 0 Å². The van der Waals surface area contributed by atoms with Gasteiger partial charge in [0.25, 0.3) is 0 Å². The van der Waals surface area contributed by atoms with E-state index in [9.17, 15) is 4.79 Å². The molecule has 1 aromatic rings. The van der Waals surface area contributed by atoms with Crippen molar-refractivity contribution >= 4 is 11.6 Å². The molecule has 2 aliphatic rings. The van der Waals surface area contributed by atoms with Gasteiger partial charge in [-0.1, -0.05) is 25.1 Å². The molecule has 1 aliphatic heterocycles. The molecule has 1 saturated carbocycles. The minimum absolute atomic E-state index is 0.0341. The summed E-state index contributed by atoms with van der Waals surface area (Å²) in [6, 6.07) is 8.69. The molecule has 1 amide bonds. The van der Waals surface area contributed by atoms with Crippen molar-refractivity contribution in [3.05, 3.63) is 29.8 Å². The van der Waals surface area contributed by atoms with Gasteiger partial charge in [0.05, 0.1) is 5.92 Å². The highest BCUT2D eigenvalue weighted by atomic mass is 16.2. The summed E-state index contributed by atoms with van der Waals surface area (Å²) >= 11 is 0. The maximum Gasteiger partial charge on any atom is 0.230 e. The van der Waals surface area contributed by atoms with Gasteiger partial charge in [-0.2, -0.15) is 0 Å². The minimum Gasteiger partial charge on any atom is -0.385 e. The first kappa shape index (κ1) is 14.4. The number of benzene rings is 1. The summed E-state index contributed by atoms with van der Waals surface area (Å²) in [7, 11) is 2.01. The van der Waals surface area contributed by atoms with Crippen molar-refractivity contribution in [2.45, 2.75) is 51.0 Å². The van der Waals surface area contributed by atoms with Crippen molar-refractivity contribution in [3.63, 3.8) is 0 Å². The summed E-state index contributed by atoms with van der Waals surface area (Å²) in [5.41, 5.74) is 2.30. The molecule has 1 aliphatic carbocycles. The second-order valence-corrected chi connectivity index (χ2v) is 6.72. The Morgan fingerprint density at radius 2 is 1.86 bits per heavy atom. The largest absolute Gasteiger partial charge is 0.385 e. The van der Waals surface area contributed by atoms with Gasteiger partial charge >= 0.3 is 0 Å². The number of fused-ring (bicyclic) bond motifs is 1. The zero-order chi connectivity index (χ0) is 14.8. The summed E-state index contributed by atoms with van der Waals surface area (Å²) < 4.78 is 0. The molecular weight excluding hydrogens is 260 g/mol. The Kier molecular flexibility index (Phi) is 4.18. The normalized spacial score (nSPS) is 28.4. The molecule has 1 aromatic carbocycles. The van der Waals surface area contributed by atoms with Crippen molar-refractivity contribution in [2.75, 3.05) is 18.9 Å². The van der Waals surface area contributed by atoms with Crippen LogP contribution in [-0.4, -0.2) is 30.4 Å². The molecule has 0 saturated heterocycles. The summed E-state index contributed by atoms with van der Waals surface area (Å²) in [6.07, 6.45) is 5.74. The third kappa shape index (κ3) is 2.92. The molecule has 1 N–H and O–H groups in total. The van der Waals surface area contributed by atoms with Gasteiger partial charge in [0.2, 0.25) is 5.91 Å². The number of hydrogen-bond donors (Lipinski definition) is 1. The summed E-state index contributed by atoms with van der Waals surface area (Å²) in [5, 5.41) is 3.40. The Morgan fingerprint density at radius 1 is 1.14 bits per heavy atom. The number of para-hydroxylation sites is 1. The monoisotopic (exact) mass is 286 g/mol. The van der Waals surface area contributed by atoms with E-state index in [-0.39, 0.29) is 5.92 Å². The predicted molar refractivity (Wildman–Crippen MR) is 86.5 cm³/mol. The van der Waals surface area contributed by atoms with Gasteiger partial charge in [-0.15, -0.1) is 0 Å². The van der Waals surface area contributed by atoms with E-state index >= 15 is 0 Å². The number of carbonyl (C=O) groups excluding carboxylic acids is 1. The Hall–Kier alpha value is -1.51. The molecule has 3 rings (SSSR count). The van der Waals surface area contributed by atoms with Gasteiger partial charge in [-0.05, 0) is 49.7 Å². The van der Waals surface area contributed by atoms with Crippen molar-refractivity contribution in [1.82, 2.24) is 4.90 Å². The smallest absolute Gasteiger partial charge is 0.230 e. The molecular formula is C18H26N2O. The molecule has 3 heteroatoms. The second-order valence-electron chi connectivity index (χ2n) is 6.72. The highest BCUT2D eigenvalue weighted by Crippen LogP contribution is 2.34. The van der Waals surface area contributed by atoms with Gasteiger partial charge in [0.1, 0.15) is 0 Å². The summed E-state index contributed by atoms with van der Waals surface area (Å²) in [5.74, 6) is 1.17. The lowest BCUT2D eigenvalue weighted by Crippen LogP contribution is -2.42. The molecule has 1 atom stereocenters. The molecule has 21 heavy (non-hydrogen) atoms. The minimum atomic E-state index is 0.0341. The van der Waals surface area contributed by atoms with Crippen LogP contribution in [0.1, 0.15) is 50.5 Å². The lowest BCUT2D eigenvalue weighted by Gasteiger charge is -2.37. The molecule has 0 aromatic heterocycles. The zero-order valence-electron chi connectivity index (χ0n) is 13.1. The number of anilines is 1. The Labute approximate surface area is 127 Å². The van der Waals surface area contributed by atoms with Crippen LogP contribution in [-0.2, 0) is 4.79 Å². The van der Waals surface area contributed by atoms with E-state index in [1.807, 2.05) is 24.1 Å². The third-order valence-electron chi connectivity index (χ3n) is 5.26. The Morgan fingerprint density at radius 3 is 2.62 bits per heavy atom. The van der Waals surface area contributed by atoms with E-state index in [4.69, 9.17) is 0 Å². The molecule has 114 valence electrons. The van der Waals surface area contributed by atoms with Crippen LogP contribution in [0.2, 0.25) is 0 Å². The SMILES string of the molecule is CC1CCC(N(C)C(=O)C2CCNc3ccccc32)CC1. The van der Waals surface area contributed by atoms with Gasteiger partial charge < -0.3 is 10.2 Å². The average Bonchev–Trinajstić information content (AvgIpc) is 2.53. The lowest BCUT2D eigenvalue weighted by atomic mass is 9.85. The number of carbonyl (C=O) groups is 1. The van der Waals surface area contributed by atoms with Crippen LogP contribution in [0.3, 0.4) is 0 Å². The zero-order valence-corrected chi connectivity index (χ0v) is 13.1. The third-order valence-corrected chi connectivity index (χ3v) is 5.26. The second kappa shape index (κ2) is 6.08.